The highest BCUT2D eigenvalue weighted by Gasteiger charge is 2.19. The number of carbonyl (C=O) groups excluding carboxylic acids is 1. The molecule has 0 atom stereocenters. The van der Waals surface area contributed by atoms with Gasteiger partial charge in [-0.1, -0.05) is 30.3 Å². The van der Waals surface area contributed by atoms with E-state index in [0.717, 1.165) is 11.6 Å². The van der Waals surface area contributed by atoms with Gasteiger partial charge in [0, 0.05) is 18.7 Å². The molecule has 6 heteroatoms. The average Bonchev–Trinajstić information content (AvgIpc) is 3.12. The molecule has 0 radical (unpaired) electrons. The second kappa shape index (κ2) is 7.17. The van der Waals surface area contributed by atoms with Crippen molar-refractivity contribution >= 4 is 5.91 Å². The molecule has 0 saturated carbocycles. The number of hydrogen-bond donors (Lipinski definition) is 2. The molecule has 0 spiro atoms. The van der Waals surface area contributed by atoms with Gasteiger partial charge >= 0.3 is 0 Å². The molecule has 5 nitrogen and oxygen atoms in total. The molecule has 25 heavy (non-hydrogen) atoms. The fourth-order valence-electron chi connectivity index (χ4n) is 2.58. The summed E-state index contributed by atoms with van der Waals surface area (Å²) in [5, 5.41) is 16.6. The molecule has 1 aromatic heterocycles. The minimum Gasteiger partial charge on any atom is -0.507 e. The predicted molar refractivity (Wildman–Crippen MR) is 92.5 cm³/mol. The largest absolute Gasteiger partial charge is 0.507 e. The third-order valence-corrected chi connectivity index (χ3v) is 3.93. The maximum Gasteiger partial charge on any atom is 0.272 e. The Balaban J connectivity index is 1.83. The van der Waals surface area contributed by atoms with Crippen LogP contribution in [-0.4, -0.2) is 32.7 Å². The van der Waals surface area contributed by atoms with Gasteiger partial charge in [0.2, 0.25) is 0 Å². The molecule has 128 valence electrons. The standard InChI is InChI=1S/C19H18FN3O2/c1-2-23(12-13-6-4-3-5-7-13)19(25)17-11-16(21-22-17)15-10-14(20)8-9-18(15)24/h3-11,24H,2,12H2,1H3,(H,21,22). The van der Waals surface area contributed by atoms with Crippen LogP contribution in [-0.2, 0) is 6.54 Å². The van der Waals surface area contributed by atoms with Crippen LogP contribution in [0.25, 0.3) is 11.3 Å². The van der Waals surface area contributed by atoms with Crippen LogP contribution >= 0.6 is 0 Å². The lowest BCUT2D eigenvalue weighted by Gasteiger charge is -2.20. The minimum atomic E-state index is -0.483. The van der Waals surface area contributed by atoms with Crippen molar-refractivity contribution in [2.45, 2.75) is 13.5 Å². The van der Waals surface area contributed by atoms with E-state index in [4.69, 9.17) is 0 Å². The number of benzene rings is 2. The van der Waals surface area contributed by atoms with E-state index in [0.29, 0.717) is 18.8 Å². The molecule has 0 aliphatic rings. The molecule has 1 heterocycles. The van der Waals surface area contributed by atoms with E-state index in [9.17, 15) is 14.3 Å². The van der Waals surface area contributed by atoms with Crippen LogP contribution in [0.5, 0.6) is 5.75 Å². The zero-order valence-corrected chi connectivity index (χ0v) is 13.7. The van der Waals surface area contributed by atoms with Crippen molar-refractivity contribution in [3.63, 3.8) is 0 Å². The number of phenolic OH excluding ortho intramolecular Hbond substituents is 1. The Hall–Kier alpha value is -3.15. The average molecular weight is 339 g/mol. The minimum absolute atomic E-state index is 0.0940. The molecular formula is C19H18FN3O2. The summed E-state index contributed by atoms with van der Waals surface area (Å²) in [5.41, 5.74) is 1.87. The first-order chi connectivity index (χ1) is 12.1. The van der Waals surface area contributed by atoms with Crippen LogP contribution in [0.4, 0.5) is 4.39 Å². The number of halogens is 1. The molecule has 0 aliphatic heterocycles. The third-order valence-electron chi connectivity index (χ3n) is 3.93. The summed E-state index contributed by atoms with van der Waals surface area (Å²) in [6.45, 7) is 2.92. The molecule has 3 rings (SSSR count). The third kappa shape index (κ3) is 3.68. The first-order valence-electron chi connectivity index (χ1n) is 7.96. The molecule has 0 unspecified atom stereocenters. The van der Waals surface area contributed by atoms with E-state index < -0.39 is 5.82 Å². The topological polar surface area (TPSA) is 69.2 Å². The van der Waals surface area contributed by atoms with Gasteiger partial charge in [0.05, 0.1) is 5.69 Å². The van der Waals surface area contributed by atoms with E-state index in [1.54, 1.807) is 4.90 Å². The highest BCUT2D eigenvalue weighted by Crippen LogP contribution is 2.28. The number of carbonyl (C=O) groups is 1. The summed E-state index contributed by atoms with van der Waals surface area (Å²) in [6, 6.07) is 14.8. The Labute approximate surface area is 144 Å². The molecule has 0 aliphatic carbocycles. The molecule has 0 saturated heterocycles. The van der Waals surface area contributed by atoms with Crippen LogP contribution in [0.1, 0.15) is 23.0 Å². The number of phenols is 1. The van der Waals surface area contributed by atoms with Gasteiger partial charge in [0.25, 0.3) is 5.91 Å². The first-order valence-corrected chi connectivity index (χ1v) is 7.96. The summed E-state index contributed by atoms with van der Waals surface area (Å²) in [7, 11) is 0. The number of H-pyrrole nitrogens is 1. The summed E-state index contributed by atoms with van der Waals surface area (Å²) in [4.78, 5) is 14.4. The van der Waals surface area contributed by atoms with E-state index in [-0.39, 0.29) is 22.9 Å². The number of nitrogens with zero attached hydrogens (tertiary/aromatic N) is 2. The number of rotatable bonds is 5. The van der Waals surface area contributed by atoms with Gasteiger partial charge in [0.1, 0.15) is 17.3 Å². The monoisotopic (exact) mass is 339 g/mol. The fourth-order valence-corrected chi connectivity index (χ4v) is 2.58. The van der Waals surface area contributed by atoms with Crippen LogP contribution in [0.15, 0.2) is 54.6 Å². The van der Waals surface area contributed by atoms with Crippen LogP contribution in [0.3, 0.4) is 0 Å². The van der Waals surface area contributed by atoms with E-state index in [2.05, 4.69) is 10.2 Å². The fraction of sp³-hybridized carbons (Fsp3) is 0.158. The zero-order valence-electron chi connectivity index (χ0n) is 13.7. The summed E-state index contributed by atoms with van der Waals surface area (Å²) in [5.74, 6) is -0.785. The Morgan fingerprint density at radius 2 is 1.96 bits per heavy atom. The number of nitrogens with one attached hydrogen (secondary N) is 1. The Kier molecular flexibility index (Phi) is 4.79. The van der Waals surface area contributed by atoms with Crippen molar-refractivity contribution in [2.24, 2.45) is 0 Å². The van der Waals surface area contributed by atoms with Crippen LogP contribution in [0.2, 0.25) is 0 Å². The molecular weight excluding hydrogens is 321 g/mol. The molecule has 1 amide bonds. The van der Waals surface area contributed by atoms with Crippen molar-refractivity contribution in [2.75, 3.05) is 6.54 Å². The van der Waals surface area contributed by atoms with Gasteiger partial charge in [-0.2, -0.15) is 5.10 Å². The quantitative estimate of drug-likeness (QED) is 0.746. The highest BCUT2D eigenvalue weighted by molar-refractivity contribution is 5.93. The molecule has 2 N–H and O–H groups in total. The van der Waals surface area contributed by atoms with Gasteiger partial charge < -0.3 is 10.0 Å². The maximum absolute atomic E-state index is 13.4. The zero-order chi connectivity index (χ0) is 17.8. The van der Waals surface area contributed by atoms with E-state index in [1.807, 2.05) is 37.3 Å². The SMILES string of the molecule is CCN(Cc1ccccc1)C(=O)c1cc(-c2cc(F)ccc2O)n[nH]1. The summed E-state index contributed by atoms with van der Waals surface area (Å²) >= 11 is 0. The van der Waals surface area contributed by atoms with Crippen molar-refractivity contribution < 1.29 is 14.3 Å². The predicted octanol–water partition coefficient (Wildman–Crippen LogP) is 3.58. The lowest BCUT2D eigenvalue weighted by Crippen LogP contribution is -2.30. The number of aromatic nitrogens is 2. The highest BCUT2D eigenvalue weighted by atomic mass is 19.1. The van der Waals surface area contributed by atoms with Crippen molar-refractivity contribution in [1.29, 1.82) is 0 Å². The van der Waals surface area contributed by atoms with E-state index in [1.165, 1.54) is 18.2 Å². The molecule has 0 bridgehead atoms. The van der Waals surface area contributed by atoms with Gasteiger partial charge in [-0.3, -0.25) is 9.89 Å². The number of aromatic hydroxyl groups is 1. The summed E-state index contributed by atoms with van der Waals surface area (Å²) < 4.78 is 13.4. The van der Waals surface area contributed by atoms with Crippen molar-refractivity contribution in [1.82, 2.24) is 15.1 Å². The van der Waals surface area contributed by atoms with Crippen molar-refractivity contribution in [3.05, 3.63) is 71.7 Å². The Bertz CT molecular complexity index is 877. The van der Waals surface area contributed by atoms with Crippen LogP contribution < -0.4 is 0 Å². The normalized spacial score (nSPS) is 10.6. The summed E-state index contributed by atoms with van der Waals surface area (Å²) in [6.07, 6.45) is 0. The van der Waals surface area contributed by atoms with E-state index >= 15 is 0 Å². The molecule has 2 aromatic carbocycles. The number of hydrogen-bond acceptors (Lipinski definition) is 3. The van der Waals surface area contributed by atoms with Gasteiger partial charge in [0.15, 0.2) is 0 Å². The second-order valence-corrected chi connectivity index (χ2v) is 5.63. The maximum atomic E-state index is 13.4. The Morgan fingerprint density at radius 1 is 1.20 bits per heavy atom. The lowest BCUT2D eigenvalue weighted by atomic mass is 10.1. The molecule has 0 fully saturated rings. The van der Waals surface area contributed by atoms with Gasteiger partial charge in [-0.25, -0.2) is 4.39 Å². The smallest absolute Gasteiger partial charge is 0.272 e. The lowest BCUT2D eigenvalue weighted by molar-refractivity contribution is 0.0746. The van der Waals surface area contributed by atoms with Crippen LogP contribution in [0, 0.1) is 5.82 Å². The number of aromatic amines is 1. The molecule has 3 aromatic rings. The number of amides is 1. The Morgan fingerprint density at radius 3 is 2.68 bits per heavy atom. The van der Waals surface area contributed by atoms with Crippen molar-refractivity contribution in [3.8, 4) is 17.0 Å². The van der Waals surface area contributed by atoms with Gasteiger partial charge in [-0.05, 0) is 36.8 Å². The second-order valence-electron chi connectivity index (χ2n) is 5.63. The van der Waals surface area contributed by atoms with Gasteiger partial charge in [-0.15, -0.1) is 0 Å². The first kappa shape index (κ1) is 16.7.